The lowest BCUT2D eigenvalue weighted by atomic mass is 10.0. The van der Waals surface area contributed by atoms with E-state index >= 15 is 0 Å². The number of hydrogen-bond donors (Lipinski definition) is 3. The Morgan fingerprint density at radius 2 is 1.86 bits per heavy atom. The van der Waals surface area contributed by atoms with Gasteiger partial charge in [-0.25, -0.2) is 19.3 Å². The monoisotopic (exact) mass is 588 g/mol. The van der Waals surface area contributed by atoms with Crippen LogP contribution in [0, 0.1) is 5.82 Å². The molecule has 222 valence electrons. The summed E-state index contributed by atoms with van der Waals surface area (Å²) in [5.74, 6) is 1.16. The van der Waals surface area contributed by atoms with Gasteiger partial charge in [0, 0.05) is 41.8 Å². The molecule has 2 saturated heterocycles. The van der Waals surface area contributed by atoms with Gasteiger partial charge in [0.2, 0.25) is 0 Å². The first kappa shape index (κ1) is 26.9. The smallest absolute Gasteiger partial charge is 0.178 e. The molecule has 0 unspecified atom stereocenters. The third-order valence-corrected chi connectivity index (χ3v) is 8.74. The van der Waals surface area contributed by atoms with Crippen molar-refractivity contribution in [1.82, 2.24) is 40.0 Å². The molecule has 2 fully saturated rings. The molecule has 6 aromatic rings. The number of halogens is 1. The number of imidazole rings is 1. The predicted octanol–water partition coefficient (Wildman–Crippen LogP) is 4.94. The first-order chi connectivity index (χ1) is 21.6. The van der Waals surface area contributed by atoms with Gasteiger partial charge in [0.15, 0.2) is 11.5 Å². The lowest BCUT2D eigenvalue weighted by Gasteiger charge is -2.37. The number of nitrogens with zero attached hydrogens (tertiary/aromatic N) is 7. The number of nitrogens with two attached hydrogens (primary N) is 1. The van der Waals surface area contributed by atoms with E-state index in [1.807, 2.05) is 24.3 Å². The molecule has 44 heavy (non-hydrogen) atoms. The second kappa shape index (κ2) is 11.1. The largest absolute Gasteiger partial charge is 0.352 e. The molecular weight excluding hydrogens is 555 g/mol. The van der Waals surface area contributed by atoms with E-state index < -0.39 is 0 Å². The molecule has 11 heteroatoms. The van der Waals surface area contributed by atoms with Crippen LogP contribution >= 0.6 is 0 Å². The summed E-state index contributed by atoms with van der Waals surface area (Å²) in [6.45, 7) is 4.96. The van der Waals surface area contributed by atoms with Crippen LogP contribution in [0.5, 0.6) is 0 Å². The molecule has 0 saturated carbocycles. The number of likely N-dealkylation sites (tertiary alicyclic amines) is 1. The Morgan fingerprint density at radius 1 is 0.977 bits per heavy atom. The Hall–Kier alpha value is -4.74. The maximum atomic E-state index is 14.8. The van der Waals surface area contributed by atoms with E-state index in [1.165, 1.54) is 25.9 Å². The number of benzene rings is 2. The van der Waals surface area contributed by atoms with E-state index in [-0.39, 0.29) is 11.9 Å². The zero-order valence-electron chi connectivity index (χ0n) is 24.3. The van der Waals surface area contributed by atoms with Crippen molar-refractivity contribution in [2.24, 2.45) is 5.73 Å². The molecule has 6 heterocycles. The Balaban J connectivity index is 1.11. The van der Waals surface area contributed by atoms with Gasteiger partial charge >= 0.3 is 0 Å². The van der Waals surface area contributed by atoms with Gasteiger partial charge in [-0.1, -0.05) is 12.1 Å². The number of H-pyrrole nitrogens is 2. The van der Waals surface area contributed by atoms with Crippen LogP contribution in [-0.2, 0) is 6.42 Å². The van der Waals surface area contributed by atoms with Gasteiger partial charge in [-0.2, -0.15) is 5.10 Å². The van der Waals surface area contributed by atoms with Crippen LogP contribution in [0.15, 0.2) is 61.1 Å². The van der Waals surface area contributed by atoms with Gasteiger partial charge in [-0.15, -0.1) is 0 Å². The summed E-state index contributed by atoms with van der Waals surface area (Å²) in [4.78, 5) is 26.6. The summed E-state index contributed by atoms with van der Waals surface area (Å²) in [7, 11) is 0. The third kappa shape index (κ3) is 5.07. The van der Waals surface area contributed by atoms with E-state index in [4.69, 9.17) is 15.7 Å². The van der Waals surface area contributed by atoms with Crippen molar-refractivity contribution in [2.75, 3.05) is 37.6 Å². The van der Waals surface area contributed by atoms with Crippen molar-refractivity contribution in [1.29, 1.82) is 0 Å². The van der Waals surface area contributed by atoms with Crippen molar-refractivity contribution in [3.8, 4) is 33.9 Å². The molecule has 0 bridgehead atoms. The van der Waals surface area contributed by atoms with Gasteiger partial charge in [0.25, 0.3) is 0 Å². The van der Waals surface area contributed by atoms with Crippen molar-refractivity contribution < 1.29 is 4.39 Å². The predicted molar refractivity (Wildman–Crippen MR) is 170 cm³/mol. The quantitative estimate of drug-likeness (QED) is 0.228. The van der Waals surface area contributed by atoms with Crippen LogP contribution in [0.2, 0.25) is 0 Å². The molecule has 4 aromatic heterocycles. The molecule has 0 atom stereocenters. The summed E-state index contributed by atoms with van der Waals surface area (Å²) < 4.78 is 14.8. The van der Waals surface area contributed by atoms with Crippen molar-refractivity contribution >= 4 is 27.9 Å². The fraction of sp³-hybridized carbons (Fsp3) is 0.303. The number of aromatic nitrogens is 7. The number of aryl methyl sites for hydroxylation is 1. The van der Waals surface area contributed by atoms with Gasteiger partial charge in [-0.05, 0) is 86.8 Å². The minimum absolute atomic E-state index is 0.178. The molecule has 0 aliphatic carbocycles. The third-order valence-electron chi connectivity index (χ3n) is 8.74. The average Bonchev–Trinajstić information content (AvgIpc) is 3.78. The summed E-state index contributed by atoms with van der Waals surface area (Å²) >= 11 is 0. The van der Waals surface area contributed by atoms with Crippen molar-refractivity contribution in [3.63, 3.8) is 0 Å². The number of fused-ring (bicyclic) bond motifs is 2. The van der Waals surface area contributed by atoms with E-state index in [1.54, 1.807) is 30.7 Å². The molecule has 0 radical (unpaired) electrons. The Labute approximate surface area is 253 Å². The number of rotatable bonds is 8. The van der Waals surface area contributed by atoms with E-state index in [0.29, 0.717) is 17.2 Å². The van der Waals surface area contributed by atoms with Gasteiger partial charge < -0.3 is 20.5 Å². The Bertz CT molecular complexity index is 1970. The van der Waals surface area contributed by atoms with Crippen LogP contribution in [0.4, 0.5) is 10.2 Å². The zero-order chi connectivity index (χ0) is 29.6. The van der Waals surface area contributed by atoms with Crippen LogP contribution in [-0.4, -0.2) is 78.8 Å². The molecular formula is C33H33FN10. The average molecular weight is 589 g/mol. The number of nitrogens with one attached hydrogen (secondary N) is 2. The SMILES string of the molecule is NC1CN(c2cncc(-c3ccc4[nH]nc(-c5nc6nccc(-c7cc(F)cc(CCCN8CCCC8)c7)c6[nH]5)c4c3)n2)C1. The highest BCUT2D eigenvalue weighted by Gasteiger charge is 2.25. The number of anilines is 1. The Kier molecular flexibility index (Phi) is 6.76. The first-order valence-electron chi connectivity index (χ1n) is 15.3. The van der Waals surface area contributed by atoms with Crippen LogP contribution in [0.25, 0.3) is 56.0 Å². The highest BCUT2D eigenvalue weighted by Crippen LogP contribution is 2.33. The molecule has 2 aliphatic rings. The van der Waals surface area contributed by atoms with Crippen molar-refractivity contribution in [2.45, 2.75) is 31.7 Å². The molecule has 0 spiro atoms. The summed E-state index contributed by atoms with van der Waals surface area (Å²) in [6, 6.07) is 13.4. The minimum atomic E-state index is -0.238. The van der Waals surface area contributed by atoms with Gasteiger partial charge in [-0.3, -0.25) is 10.1 Å². The Morgan fingerprint density at radius 3 is 2.73 bits per heavy atom. The fourth-order valence-corrected chi connectivity index (χ4v) is 6.43. The molecule has 0 amide bonds. The molecule has 2 aromatic carbocycles. The summed E-state index contributed by atoms with van der Waals surface area (Å²) in [6.07, 6.45) is 9.66. The van der Waals surface area contributed by atoms with E-state index in [2.05, 4.69) is 41.0 Å². The second-order valence-electron chi connectivity index (χ2n) is 11.9. The first-order valence-corrected chi connectivity index (χ1v) is 15.3. The number of pyridine rings is 1. The standard InChI is InChI=1S/C33H33FN10/c34-23-13-20(4-3-11-43-9-1-2-10-43)12-22(14-23)25-7-8-37-32-30(25)39-33(40-32)31-26-15-21(5-6-27(26)41-42-31)28-16-36-17-29(38-28)44-18-24(35)19-44/h5-8,12-17,24H,1-4,9-11,18-19,35H2,(H,41,42)(H,37,39,40). The number of hydrogen-bond acceptors (Lipinski definition) is 8. The topological polar surface area (TPSA) is 129 Å². The van der Waals surface area contributed by atoms with E-state index in [9.17, 15) is 4.39 Å². The lowest BCUT2D eigenvalue weighted by molar-refractivity contribution is 0.334. The number of aromatic amines is 2. The summed E-state index contributed by atoms with van der Waals surface area (Å²) in [5.41, 5.74) is 13.2. The summed E-state index contributed by atoms with van der Waals surface area (Å²) in [5, 5.41) is 8.62. The molecule has 10 nitrogen and oxygen atoms in total. The van der Waals surface area contributed by atoms with Crippen LogP contribution in [0.3, 0.4) is 0 Å². The van der Waals surface area contributed by atoms with Crippen LogP contribution in [0.1, 0.15) is 24.8 Å². The normalized spacial score (nSPS) is 15.9. The van der Waals surface area contributed by atoms with Crippen LogP contribution < -0.4 is 10.6 Å². The fourth-order valence-electron chi connectivity index (χ4n) is 6.43. The highest BCUT2D eigenvalue weighted by atomic mass is 19.1. The second-order valence-corrected chi connectivity index (χ2v) is 11.9. The molecule has 4 N–H and O–H groups in total. The van der Waals surface area contributed by atoms with Gasteiger partial charge in [0.1, 0.15) is 17.3 Å². The van der Waals surface area contributed by atoms with Gasteiger partial charge in [0.05, 0.1) is 29.1 Å². The lowest BCUT2D eigenvalue weighted by Crippen LogP contribution is -2.56. The van der Waals surface area contributed by atoms with Crippen molar-refractivity contribution in [3.05, 3.63) is 72.4 Å². The molecule has 2 aliphatic heterocycles. The minimum Gasteiger partial charge on any atom is -0.352 e. The molecule has 8 rings (SSSR count). The zero-order valence-corrected chi connectivity index (χ0v) is 24.3. The maximum absolute atomic E-state index is 14.8. The van der Waals surface area contributed by atoms with E-state index in [0.717, 1.165) is 82.7 Å². The highest BCUT2D eigenvalue weighted by molar-refractivity contribution is 5.97. The maximum Gasteiger partial charge on any atom is 0.178 e.